The van der Waals surface area contributed by atoms with Gasteiger partial charge in [0.1, 0.15) is 23.9 Å². The van der Waals surface area contributed by atoms with Crippen LogP contribution >= 0.6 is 0 Å². The maximum absolute atomic E-state index is 13.9. The number of cyclic esters (lactones) is 1. The number of ketones is 2. The second-order valence-corrected chi connectivity index (χ2v) is 14.1. The number of aliphatic hydroxyl groups excluding tert-OH is 1. The van der Waals surface area contributed by atoms with Gasteiger partial charge in [-0.05, 0) is 85.5 Å². The number of hydrogen-bond acceptors (Lipinski definition) is 11. The van der Waals surface area contributed by atoms with Gasteiger partial charge in [-0.2, -0.15) is 0 Å². The largest absolute Gasteiger partial charge is 0.462 e. The van der Waals surface area contributed by atoms with Crippen LogP contribution in [-0.2, 0) is 33.3 Å². The van der Waals surface area contributed by atoms with Gasteiger partial charge in [-0.25, -0.2) is 0 Å². The first-order chi connectivity index (χ1) is 23.0. The summed E-state index contributed by atoms with van der Waals surface area (Å²) in [7, 11) is 5.09. The molecule has 1 fully saturated rings. The van der Waals surface area contributed by atoms with E-state index in [0.29, 0.717) is 31.4 Å². The van der Waals surface area contributed by atoms with Crippen molar-refractivity contribution in [3.8, 4) is 0 Å². The van der Waals surface area contributed by atoms with Crippen molar-refractivity contribution in [1.29, 1.82) is 0 Å². The van der Waals surface area contributed by atoms with Gasteiger partial charge < -0.3 is 33.9 Å². The molecule has 1 saturated heterocycles. The number of carbonyl (C=O) groups is 3. The van der Waals surface area contributed by atoms with Crippen molar-refractivity contribution >= 4 is 23.8 Å². The number of ether oxygens (including phenoxy) is 4. The van der Waals surface area contributed by atoms with E-state index < -0.39 is 41.5 Å². The van der Waals surface area contributed by atoms with E-state index in [2.05, 4.69) is 9.89 Å². The second kappa shape index (κ2) is 20.4. The Labute approximate surface area is 296 Å². The highest BCUT2D eigenvalue weighted by Gasteiger charge is 2.43. The lowest BCUT2D eigenvalue weighted by atomic mass is 9.80. The van der Waals surface area contributed by atoms with Gasteiger partial charge in [-0.3, -0.25) is 19.4 Å². The third-order valence-electron chi connectivity index (χ3n) is 9.73. The third kappa shape index (κ3) is 12.4. The molecule has 0 bridgehead atoms. The van der Waals surface area contributed by atoms with Crippen LogP contribution in [0.4, 0.5) is 0 Å². The predicted octanol–water partition coefficient (Wildman–Crippen LogP) is 5.80. The zero-order chi connectivity index (χ0) is 37.7. The summed E-state index contributed by atoms with van der Waals surface area (Å²) in [5, 5.41) is 7.00. The monoisotopic (exact) mass is 693 g/mol. The molecule has 11 heteroatoms. The quantitative estimate of drug-likeness (QED) is 0.258. The van der Waals surface area contributed by atoms with E-state index in [1.54, 1.807) is 32.3 Å². The third-order valence-corrected chi connectivity index (χ3v) is 9.73. The Kier molecular flexibility index (Phi) is 18.6. The van der Waals surface area contributed by atoms with Crippen molar-refractivity contribution in [3.63, 3.8) is 0 Å². The topological polar surface area (TPSA) is 127 Å². The molecule has 3 aliphatic heterocycles. The molecule has 3 aliphatic rings. The lowest BCUT2D eigenvalue weighted by molar-refractivity contribution is -0.236. The van der Waals surface area contributed by atoms with E-state index in [1.807, 2.05) is 87.5 Å². The molecule has 0 spiro atoms. The molecule has 0 saturated carbocycles. The molecule has 0 aromatic heterocycles. The standard InChI is InChI=1S/C35H57N3O7.C2H6.CH4O/c1-12-35(45-34(8,9)38-15-13-36-14-16-38)20-24(4)30(39)22(2)17-23(3)32(26(6)31(40)27(7)33(41)42-21-35)44-29-19-28(37(10)11)18-25(5)43-29;2*1-2/h13-15,20,22-23,25-29,32H,12,16-19,21H2,1-11H3;1-2H3;2H,1H3/b24-20+;;/t22-,23+,25-,26+,27-,28+,29+,32+,35+;;/m1../s1. The summed E-state index contributed by atoms with van der Waals surface area (Å²) in [4.78, 5) is 49.5. The van der Waals surface area contributed by atoms with Crippen molar-refractivity contribution in [1.82, 2.24) is 9.80 Å². The van der Waals surface area contributed by atoms with E-state index in [0.717, 1.165) is 13.5 Å². The number of hydrogen-bond donors (Lipinski definition) is 1. The van der Waals surface area contributed by atoms with Gasteiger partial charge in [0.05, 0.1) is 18.8 Å². The van der Waals surface area contributed by atoms with Crippen molar-refractivity contribution in [2.75, 3.05) is 34.4 Å². The molecule has 0 aromatic carbocycles. The molecule has 3 heterocycles. The Balaban J connectivity index is 0.00000289. The van der Waals surface area contributed by atoms with Crippen LogP contribution in [0.1, 0.15) is 102 Å². The van der Waals surface area contributed by atoms with Crippen LogP contribution < -0.4 is 0 Å². The van der Waals surface area contributed by atoms with E-state index >= 15 is 0 Å². The summed E-state index contributed by atoms with van der Waals surface area (Å²) < 4.78 is 25.4. The number of Topliss-reactive ketones (excluding diaryl/α,β-unsaturated/α-hetero) is 2. The molecule has 282 valence electrons. The van der Waals surface area contributed by atoms with E-state index in [-0.39, 0.29) is 42.2 Å². The SMILES string of the molecule is CC.CC[C@]1(OC(C)(C)N2C=CN=CC2)/C=C(\C)C(=O)[C@H](C)C[C@H](C)[C@H](O[C@H]2C[C@@H](N(C)C)C[C@@H](C)O2)[C@@H](C)C(=O)[C@@H](C)C(=O)OC1.CO. The lowest BCUT2D eigenvalue weighted by Crippen LogP contribution is -2.52. The van der Waals surface area contributed by atoms with Gasteiger partial charge >= 0.3 is 5.97 Å². The van der Waals surface area contributed by atoms with Crippen molar-refractivity contribution in [2.45, 2.75) is 138 Å². The van der Waals surface area contributed by atoms with Gasteiger partial charge in [0.15, 0.2) is 17.9 Å². The van der Waals surface area contributed by atoms with Gasteiger partial charge in [-0.15, -0.1) is 0 Å². The maximum atomic E-state index is 13.9. The molecule has 49 heavy (non-hydrogen) atoms. The highest BCUT2D eigenvalue weighted by Crippen LogP contribution is 2.35. The maximum Gasteiger partial charge on any atom is 0.316 e. The summed E-state index contributed by atoms with van der Waals surface area (Å²) in [5.74, 6) is -3.03. The minimum Gasteiger partial charge on any atom is -0.462 e. The first kappa shape index (κ1) is 44.6. The summed E-state index contributed by atoms with van der Waals surface area (Å²) in [6.45, 7) is 21.4. The summed E-state index contributed by atoms with van der Waals surface area (Å²) in [5.41, 5.74) is -1.37. The van der Waals surface area contributed by atoms with Crippen molar-refractivity contribution < 1.29 is 38.4 Å². The molecular formula is C38H67N3O8. The first-order valence-electron chi connectivity index (χ1n) is 18.0. The Morgan fingerprint density at radius 3 is 2.24 bits per heavy atom. The normalized spacial score (nSPS) is 34.5. The number of rotatable bonds is 7. The van der Waals surface area contributed by atoms with Gasteiger partial charge in [0.25, 0.3) is 0 Å². The Morgan fingerprint density at radius 1 is 1.06 bits per heavy atom. The Morgan fingerprint density at radius 2 is 1.69 bits per heavy atom. The van der Waals surface area contributed by atoms with Crippen LogP contribution in [0.25, 0.3) is 0 Å². The fourth-order valence-electron chi connectivity index (χ4n) is 6.85. The number of esters is 1. The van der Waals surface area contributed by atoms with Gasteiger partial charge in [-0.1, -0.05) is 41.5 Å². The minimum atomic E-state index is -1.10. The molecule has 0 aromatic rings. The first-order valence-corrected chi connectivity index (χ1v) is 18.0. The fraction of sp³-hybridized carbons (Fsp3) is 0.789. The van der Waals surface area contributed by atoms with Gasteiger partial charge in [0, 0.05) is 50.0 Å². The Hall–Kier alpha value is -2.44. The second-order valence-electron chi connectivity index (χ2n) is 14.1. The van der Waals surface area contributed by atoms with E-state index in [9.17, 15) is 14.4 Å². The molecule has 0 aliphatic carbocycles. The summed E-state index contributed by atoms with van der Waals surface area (Å²) in [6, 6.07) is 0.283. The van der Waals surface area contributed by atoms with Crippen LogP contribution in [-0.4, -0.2) is 109 Å². The summed E-state index contributed by atoms with van der Waals surface area (Å²) >= 11 is 0. The van der Waals surface area contributed by atoms with E-state index in [4.69, 9.17) is 24.1 Å². The molecule has 11 nitrogen and oxygen atoms in total. The van der Waals surface area contributed by atoms with Crippen LogP contribution in [0.2, 0.25) is 0 Å². The predicted molar refractivity (Wildman–Crippen MR) is 194 cm³/mol. The smallest absolute Gasteiger partial charge is 0.316 e. The van der Waals surface area contributed by atoms with Crippen molar-refractivity contribution in [2.24, 2.45) is 28.7 Å². The number of aliphatic imine (C=N–C) groups is 1. The molecule has 9 atom stereocenters. The van der Waals surface area contributed by atoms with Crippen LogP contribution in [0.3, 0.4) is 0 Å². The lowest BCUT2D eigenvalue weighted by Gasteiger charge is -2.44. The molecule has 3 rings (SSSR count). The number of carbonyl (C=O) groups excluding carboxylic acids is 3. The number of nitrogens with zero attached hydrogens (tertiary/aromatic N) is 3. The zero-order valence-corrected chi connectivity index (χ0v) is 32.8. The van der Waals surface area contributed by atoms with Crippen LogP contribution in [0.15, 0.2) is 29.0 Å². The van der Waals surface area contributed by atoms with Gasteiger partial charge in [0.2, 0.25) is 0 Å². The highest BCUT2D eigenvalue weighted by atomic mass is 16.7. The van der Waals surface area contributed by atoms with Crippen molar-refractivity contribution in [3.05, 3.63) is 24.0 Å². The molecule has 0 radical (unpaired) electrons. The highest BCUT2D eigenvalue weighted by molar-refractivity contribution is 6.00. The average Bonchev–Trinajstić information content (AvgIpc) is 3.09. The fourth-order valence-corrected chi connectivity index (χ4v) is 6.85. The Bertz CT molecular complexity index is 1150. The summed E-state index contributed by atoms with van der Waals surface area (Å²) in [6.07, 6.45) is 8.61. The molecule has 0 unspecified atom stereocenters. The zero-order valence-electron chi connectivity index (χ0n) is 32.8. The van der Waals surface area contributed by atoms with Crippen LogP contribution in [0, 0.1) is 23.7 Å². The molecule has 0 amide bonds. The minimum absolute atomic E-state index is 0.00302. The average molecular weight is 694 g/mol. The number of aliphatic hydroxyl groups is 1. The molecule has 1 N–H and O–H groups in total. The van der Waals surface area contributed by atoms with Crippen LogP contribution in [0.5, 0.6) is 0 Å². The number of allylic oxidation sites excluding steroid dienone is 1. The molecular weight excluding hydrogens is 626 g/mol. The van der Waals surface area contributed by atoms with E-state index in [1.165, 1.54) is 0 Å².